The maximum absolute atomic E-state index is 4.31. The first-order valence-corrected chi connectivity index (χ1v) is 32.0. The van der Waals surface area contributed by atoms with Crippen LogP contribution in [0.3, 0.4) is 0 Å². The molecular weight excluding hydrogens is 996 g/mol. The zero-order valence-corrected chi connectivity index (χ0v) is 53.4. The summed E-state index contributed by atoms with van der Waals surface area (Å²) in [4.78, 5) is 2.80. The van der Waals surface area contributed by atoms with Crippen molar-refractivity contribution < 1.29 is 0 Å². The molecule has 0 saturated heterocycles. The summed E-state index contributed by atoms with van der Waals surface area (Å²) < 4.78 is 2.73. The molecule has 4 heteroatoms. The van der Waals surface area contributed by atoms with Gasteiger partial charge in [0.1, 0.15) is 0 Å². The Morgan fingerprint density at radius 1 is 0.420 bits per heavy atom. The van der Waals surface area contributed by atoms with Crippen molar-refractivity contribution in [1.82, 2.24) is 0 Å². The summed E-state index contributed by atoms with van der Waals surface area (Å²) in [6, 6.07) is 42.7. The average molecular weight is 1090 g/mol. The molecule has 8 aromatic rings. The van der Waals surface area contributed by atoms with Crippen LogP contribution < -0.4 is 21.1 Å². The standard InChI is InChI=1S/C77H89BN2S/c1-69(2)29-31-71(5,6)54-37-44(23-26-51(54)69)79-61-28-25-47-48-40-56-57(74(11,12)34-33-73(56,9)10)41-53(48)77(17,18)65(47)64(61)50-39-49-46-21-19-20-22-63(46)81-68(49)67-66(50)78-60-42-58-59(76(15,16)36-35-75(58,13)14)43-62(60)80(67)45-24-27-52-55(38-45)72(7,8)32-30-70(52,3)4/h19-28,37-43,78-79H,29-36H2,1-18H3. The molecule has 0 spiro atoms. The summed E-state index contributed by atoms with van der Waals surface area (Å²) in [6.45, 7) is 44.9. The molecule has 7 aromatic carbocycles. The first-order chi connectivity index (χ1) is 37.8. The van der Waals surface area contributed by atoms with Crippen molar-refractivity contribution in [3.05, 3.63) is 159 Å². The molecule has 14 rings (SSSR count). The van der Waals surface area contributed by atoms with Crippen LogP contribution in [0.5, 0.6) is 0 Å². The summed E-state index contributed by atoms with van der Waals surface area (Å²) in [5, 5.41) is 7.01. The maximum atomic E-state index is 4.31. The molecule has 0 atom stereocenters. The molecule has 1 aromatic heterocycles. The predicted molar refractivity (Wildman–Crippen MR) is 354 cm³/mol. The van der Waals surface area contributed by atoms with Crippen LogP contribution in [0, 0.1) is 0 Å². The number of anilines is 5. The lowest BCUT2D eigenvalue weighted by Gasteiger charge is -2.45. The van der Waals surface area contributed by atoms with Crippen molar-refractivity contribution in [2.24, 2.45) is 0 Å². The van der Waals surface area contributed by atoms with Gasteiger partial charge in [0.05, 0.1) is 10.4 Å². The highest BCUT2D eigenvalue weighted by Crippen LogP contribution is 2.60. The highest BCUT2D eigenvalue weighted by molar-refractivity contribution is 7.26. The van der Waals surface area contributed by atoms with E-state index >= 15 is 0 Å². The van der Waals surface area contributed by atoms with Crippen LogP contribution in [0.25, 0.3) is 42.4 Å². The number of fused-ring (bicyclic) bond motifs is 13. The molecule has 81 heavy (non-hydrogen) atoms. The quantitative estimate of drug-likeness (QED) is 0.177. The van der Waals surface area contributed by atoms with Crippen molar-refractivity contribution in [3.63, 3.8) is 0 Å². The Balaban J connectivity index is 1.11. The Hall–Kier alpha value is -5.58. The Kier molecular flexibility index (Phi) is 11.1. The van der Waals surface area contributed by atoms with E-state index in [0.717, 1.165) is 7.28 Å². The molecule has 0 bridgehead atoms. The maximum Gasteiger partial charge on any atom is 0.198 e. The Morgan fingerprint density at radius 2 is 0.926 bits per heavy atom. The molecule has 0 saturated carbocycles. The number of rotatable bonds is 4. The van der Waals surface area contributed by atoms with Gasteiger partial charge < -0.3 is 10.2 Å². The van der Waals surface area contributed by atoms with Crippen LogP contribution in [0.4, 0.5) is 28.4 Å². The van der Waals surface area contributed by atoms with Gasteiger partial charge in [-0.1, -0.05) is 179 Å². The van der Waals surface area contributed by atoms with Crippen LogP contribution in [0.15, 0.2) is 103 Å². The Bertz CT molecular complexity index is 4050. The molecule has 0 radical (unpaired) electrons. The van der Waals surface area contributed by atoms with Gasteiger partial charge in [0, 0.05) is 49.2 Å². The first kappa shape index (κ1) is 53.4. The lowest BCUT2D eigenvalue weighted by Crippen LogP contribution is -2.44. The Morgan fingerprint density at radius 3 is 1.53 bits per heavy atom. The van der Waals surface area contributed by atoms with E-state index in [1.54, 1.807) is 5.56 Å². The fraction of sp³-hybridized carbons (Fsp3) is 0.455. The number of benzene rings is 7. The average Bonchev–Trinajstić information content (AvgIpc) is 2.42. The molecule has 6 aliphatic rings. The monoisotopic (exact) mass is 1080 g/mol. The summed E-state index contributed by atoms with van der Waals surface area (Å²) in [5.74, 6) is 0. The molecule has 2 heterocycles. The van der Waals surface area contributed by atoms with Crippen molar-refractivity contribution >= 4 is 78.2 Å². The van der Waals surface area contributed by atoms with Gasteiger partial charge in [0.15, 0.2) is 7.28 Å². The summed E-state index contributed by atoms with van der Waals surface area (Å²) >= 11 is 2.00. The second-order valence-corrected chi connectivity index (χ2v) is 33.5. The van der Waals surface area contributed by atoms with E-state index < -0.39 is 0 Å². The first-order valence-electron chi connectivity index (χ1n) is 31.2. The van der Waals surface area contributed by atoms with Crippen LogP contribution >= 0.6 is 11.3 Å². The smallest absolute Gasteiger partial charge is 0.198 e. The molecule has 416 valence electrons. The van der Waals surface area contributed by atoms with E-state index in [1.165, 1.54) is 183 Å². The minimum absolute atomic E-state index is 0.0516. The summed E-state index contributed by atoms with van der Waals surface area (Å²) in [5.41, 5.74) is 30.2. The highest BCUT2D eigenvalue weighted by Gasteiger charge is 2.47. The molecule has 2 nitrogen and oxygen atoms in total. The van der Waals surface area contributed by atoms with Crippen LogP contribution in [-0.2, 0) is 48.7 Å². The number of hydrogen-bond acceptors (Lipinski definition) is 3. The van der Waals surface area contributed by atoms with Crippen LogP contribution in [0.2, 0.25) is 0 Å². The number of nitrogens with one attached hydrogen (secondary N) is 1. The minimum Gasteiger partial charge on any atom is -0.355 e. The Labute approximate surface area is 491 Å². The van der Waals surface area contributed by atoms with E-state index in [-0.39, 0.29) is 48.7 Å². The van der Waals surface area contributed by atoms with Crippen molar-refractivity contribution in [2.45, 2.75) is 225 Å². The van der Waals surface area contributed by atoms with E-state index in [1.807, 2.05) is 11.3 Å². The molecule has 1 aliphatic heterocycles. The third kappa shape index (κ3) is 7.75. The molecule has 0 amide bonds. The minimum atomic E-state index is -0.303. The predicted octanol–water partition coefficient (Wildman–Crippen LogP) is 20.3. The van der Waals surface area contributed by atoms with Crippen LogP contribution in [-0.4, -0.2) is 7.28 Å². The van der Waals surface area contributed by atoms with Crippen LogP contribution in [0.1, 0.15) is 232 Å². The molecule has 1 N–H and O–H groups in total. The lowest BCUT2D eigenvalue weighted by molar-refractivity contribution is 0.331. The third-order valence-corrected chi connectivity index (χ3v) is 24.1. The van der Waals surface area contributed by atoms with Gasteiger partial charge in [-0.05, 0) is 227 Å². The van der Waals surface area contributed by atoms with Crippen molar-refractivity contribution in [1.29, 1.82) is 0 Å². The third-order valence-electron chi connectivity index (χ3n) is 22.9. The van der Waals surface area contributed by atoms with Gasteiger partial charge in [-0.25, -0.2) is 0 Å². The molecule has 5 aliphatic carbocycles. The second-order valence-electron chi connectivity index (χ2n) is 32.4. The molecular formula is C77H89BN2S. The normalized spacial score (nSPS) is 21.8. The fourth-order valence-corrected chi connectivity index (χ4v) is 18.2. The lowest BCUT2D eigenvalue weighted by atomic mass is 9.54. The summed E-state index contributed by atoms with van der Waals surface area (Å²) in [6.07, 6.45) is 9.51. The number of nitrogens with zero attached hydrogens (tertiary/aromatic N) is 1. The van der Waals surface area contributed by atoms with E-state index in [4.69, 9.17) is 0 Å². The molecule has 0 unspecified atom stereocenters. The van der Waals surface area contributed by atoms with E-state index in [2.05, 4.69) is 238 Å². The van der Waals surface area contributed by atoms with Crippen molar-refractivity contribution in [3.8, 4) is 22.3 Å². The van der Waals surface area contributed by atoms with Crippen molar-refractivity contribution in [2.75, 3.05) is 10.2 Å². The van der Waals surface area contributed by atoms with Gasteiger partial charge >= 0.3 is 0 Å². The van der Waals surface area contributed by atoms with Gasteiger partial charge in [-0.3, -0.25) is 0 Å². The fourth-order valence-electron chi connectivity index (χ4n) is 17.0. The van der Waals surface area contributed by atoms with Gasteiger partial charge in [-0.15, -0.1) is 11.3 Å². The molecule has 0 fully saturated rings. The largest absolute Gasteiger partial charge is 0.355 e. The van der Waals surface area contributed by atoms with Gasteiger partial charge in [0.25, 0.3) is 0 Å². The number of hydrogen-bond donors (Lipinski definition) is 1. The highest BCUT2D eigenvalue weighted by atomic mass is 32.1. The zero-order chi connectivity index (χ0) is 57.3. The van der Waals surface area contributed by atoms with E-state index in [9.17, 15) is 0 Å². The number of thiophene rings is 1. The van der Waals surface area contributed by atoms with Gasteiger partial charge in [0.2, 0.25) is 0 Å². The van der Waals surface area contributed by atoms with E-state index in [0.29, 0.717) is 0 Å². The second kappa shape index (κ2) is 16.8. The zero-order valence-electron chi connectivity index (χ0n) is 52.5. The van der Waals surface area contributed by atoms with Gasteiger partial charge in [-0.2, -0.15) is 0 Å². The SMILES string of the molecule is CC1(C)CCC(C)(C)c2cc(Nc3ccc4c(c3-c3cc5c(sc6ccccc65)c5c3Bc3cc6c(cc3N5c3ccc5c(c3)C(C)(C)CCC5(C)C)C(C)(C)CCC6(C)C)C(C)(C)c3cc5c(cc3-4)C(C)(C)CCC5(C)C)ccc21. The topological polar surface area (TPSA) is 15.3 Å². The summed E-state index contributed by atoms with van der Waals surface area (Å²) in [7, 11) is 0.850.